The van der Waals surface area contributed by atoms with Crippen LogP contribution in [0.4, 0.5) is 0 Å². The van der Waals surface area contributed by atoms with Crippen molar-refractivity contribution in [3.05, 3.63) is 29.3 Å². The average Bonchev–Trinajstić information content (AvgIpc) is 2.52. The third-order valence-corrected chi connectivity index (χ3v) is 6.85. The zero-order valence-electron chi connectivity index (χ0n) is 13.9. The maximum absolute atomic E-state index is 11.7. The fraction of sp³-hybridized carbons (Fsp3) is 0.647. The number of methoxy groups -OCH3 is 1. The highest BCUT2D eigenvalue weighted by Crippen LogP contribution is 2.29. The van der Waals surface area contributed by atoms with Gasteiger partial charge < -0.3 is 10.1 Å². The van der Waals surface area contributed by atoms with Crippen molar-refractivity contribution < 1.29 is 13.2 Å². The van der Waals surface area contributed by atoms with Gasteiger partial charge in [0, 0.05) is 25.7 Å². The van der Waals surface area contributed by atoms with Crippen LogP contribution in [0, 0.1) is 5.92 Å². The first-order chi connectivity index (χ1) is 11.0. The summed E-state index contributed by atoms with van der Waals surface area (Å²) in [4.78, 5) is 0. The summed E-state index contributed by atoms with van der Waals surface area (Å²) in [6.45, 7) is 3.94. The maximum Gasteiger partial charge on any atom is 0.213 e. The van der Waals surface area contributed by atoms with Crippen molar-refractivity contribution >= 4 is 10.0 Å². The molecule has 0 aromatic heterocycles. The van der Waals surface area contributed by atoms with E-state index in [2.05, 4.69) is 17.4 Å². The quantitative estimate of drug-likeness (QED) is 0.852. The van der Waals surface area contributed by atoms with Gasteiger partial charge in [-0.15, -0.1) is 0 Å². The molecule has 1 N–H and O–H groups in total. The van der Waals surface area contributed by atoms with E-state index in [0.29, 0.717) is 25.0 Å². The first kappa shape index (κ1) is 16.7. The third-order valence-electron chi connectivity index (χ3n) is 5.04. The zero-order chi connectivity index (χ0) is 16.4. The molecule has 0 saturated carbocycles. The fourth-order valence-electron chi connectivity index (χ4n) is 3.53. The van der Waals surface area contributed by atoms with Gasteiger partial charge in [-0.1, -0.05) is 12.1 Å². The number of hydrogen-bond donors (Lipinski definition) is 1. The second-order valence-corrected chi connectivity index (χ2v) is 8.79. The van der Waals surface area contributed by atoms with E-state index in [0.717, 1.165) is 31.6 Å². The number of hydrogen-bond acceptors (Lipinski definition) is 4. The molecule has 3 rings (SSSR count). The molecule has 1 aromatic carbocycles. The molecular formula is C17H26N2O3S. The molecule has 6 heteroatoms. The number of ether oxygens (including phenoxy) is 1. The molecule has 0 bridgehead atoms. The second kappa shape index (κ2) is 6.79. The van der Waals surface area contributed by atoms with Crippen molar-refractivity contribution in [2.75, 3.05) is 32.5 Å². The summed E-state index contributed by atoms with van der Waals surface area (Å²) >= 11 is 0. The fourth-order valence-corrected chi connectivity index (χ4v) is 4.77. The van der Waals surface area contributed by atoms with Crippen LogP contribution in [0.1, 0.15) is 24.5 Å². The lowest BCUT2D eigenvalue weighted by molar-refractivity contribution is 0.190. The number of benzene rings is 1. The molecule has 2 aliphatic rings. The van der Waals surface area contributed by atoms with E-state index in [1.165, 1.54) is 11.1 Å². The van der Waals surface area contributed by atoms with E-state index in [4.69, 9.17) is 4.74 Å². The lowest BCUT2D eigenvalue weighted by atomic mass is 9.87. The van der Waals surface area contributed by atoms with E-state index >= 15 is 0 Å². The Kier molecular flexibility index (Phi) is 4.94. The van der Waals surface area contributed by atoms with Gasteiger partial charge in [0.05, 0.1) is 12.9 Å². The van der Waals surface area contributed by atoms with Crippen molar-refractivity contribution in [3.63, 3.8) is 0 Å². The molecule has 1 aliphatic heterocycles. The van der Waals surface area contributed by atoms with E-state index in [1.807, 2.05) is 6.07 Å². The zero-order valence-corrected chi connectivity index (χ0v) is 14.7. The lowest BCUT2D eigenvalue weighted by Gasteiger charge is -2.39. The Bertz CT molecular complexity index is 654. The smallest absolute Gasteiger partial charge is 0.213 e. The van der Waals surface area contributed by atoms with Crippen LogP contribution in [0.25, 0.3) is 0 Å². The molecule has 1 aliphatic carbocycles. The summed E-state index contributed by atoms with van der Waals surface area (Å²) in [6, 6.07) is 6.75. The lowest BCUT2D eigenvalue weighted by Crippen LogP contribution is -2.54. The van der Waals surface area contributed by atoms with E-state index in [9.17, 15) is 8.42 Å². The molecule has 1 fully saturated rings. The van der Waals surface area contributed by atoms with Crippen LogP contribution in [0.15, 0.2) is 18.2 Å². The summed E-state index contributed by atoms with van der Waals surface area (Å²) in [5.41, 5.74) is 2.72. The molecule has 128 valence electrons. The predicted molar refractivity (Wildman–Crippen MR) is 91.3 cm³/mol. The highest BCUT2D eigenvalue weighted by molar-refractivity contribution is 7.89. The second-order valence-electron chi connectivity index (χ2n) is 6.53. The van der Waals surface area contributed by atoms with Gasteiger partial charge in [-0.3, -0.25) is 0 Å². The van der Waals surface area contributed by atoms with Gasteiger partial charge in [0.25, 0.3) is 0 Å². The van der Waals surface area contributed by atoms with E-state index in [-0.39, 0.29) is 5.75 Å². The van der Waals surface area contributed by atoms with Crippen molar-refractivity contribution in [2.24, 2.45) is 5.92 Å². The molecule has 0 spiro atoms. The minimum Gasteiger partial charge on any atom is -0.496 e. The van der Waals surface area contributed by atoms with Gasteiger partial charge in [0.15, 0.2) is 0 Å². The largest absolute Gasteiger partial charge is 0.496 e. The highest BCUT2D eigenvalue weighted by atomic mass is 32.2. The van der Waals surface area contributed by atoms with Crippen molar-refractivity contribution in [2.45, 2.75) is 32.2 Å². The number of rotatable bonds is 6. The highest BCUT2D eigenvalue weighted by Gasteiger charge is 2.34. The Hall–Kier alpha value is -1.11. The summed E-state index contributed by atoms with van der Waals surface area (Å²) in [5.74, 6) is 1.65. The number of nitrogens with zero attached hydrogens (tertiary/aromatic N) is 1. The van der Waals surface area contributed by atoms with Crippen LogP contribution in [0.2, 0.25) is 0 Å². The molecule has 1 heterocycles. The minimum atomic E-state index is -2.99. The van der Waals surface area contributed by atoms with Crippen molar-refractivity contribution in [3.8, 4) is 5.75 Å². The van der Waals surface area contributed by atoms with Crippen molar-refractivity contribution in [1.82, 2.24) is 9.62 Å². The van der Waals surface area contributed by atoms with Crippen LogP contribution < -0.4 is 10.1 Å². The number of nitrogens with one attached hydrogen (secondary N) is 1. The Morgan fingerprint density at radius 3 is 2.83 bits per heavy atom. The normalized spacial score (nSPS) is 22.4. The molecule has 0 amide bonds. The van der Waals surface area contributed by atoms with Gasteiger partial charge in [0.2, 0.25) is 10.0 Å². The monoisotopic (exact) mass is 338 g/mol. The predicted octanol–water partition coefficient (Wildman–Crippen LogP) is 1.42. The van der Waals surface area contributed by atoms with Gasteiger partial charge in [-0.2, -0.15) is 0 Å². The Labute approximate surface area is 139 Å². The topological polar surface area (TPSA) is 58.6 Å². The summed E-state index contributed by atoms with van der Waals surface area (Å²) in [7, 11) is -1.26. The van der Waals surface area contributed by atoms with Gasteiger partial charge in [0.1, 0.15) is 5.75 Å². The molecule has 1 unspecified atom stereocenters. The van der Waals surface area contributed by atoms with Crippen LogP contribution in [-0.2, 0) is 22.9 Å². The van der Waals surface area contributed by atoms with Crippen LogP contribution >= 0.6 is 0 Å². The first-order valence-electron chi connectivity index (χ1n) is 8.39. The SMILES string of the molecule is CCS(=O)(=O)N1CC(CNC2CCc3c(cccc3OC)C2)C1. The molecule has 1 aromatic rings. The molecule has 5 nitrogen and oxygen atoms in total. The molecule has 1 atom stereocenters. The molecule has 23 heavy (non-hydrogen) atoms. The van der Waals surface area contributed by atoms with Gasteiger partial charge in [-0.05, 0) is 49.3 Å². The van der Waals surface area contributed by atoms with Crippen LogP contribution in [0.3, 0.4) is 0 Å². The minimum absolute atomic E-state index is 0.203. The van der Waals surface area contributed by atoms with E-state index in [1.54, 1.807) is 18.3 Å². The molecule has 0 radical (unpaired) electrons. The Morgan fingerprint density at radius 2 is 2.13 bits per heavy atom. The average molecular weight is 338 g/mol. The van der Waals surface area contributed by atoms with Gasteiger partial charge >= 0.3 is 0 Å². The van der Waals surface area contributed by atoms with E-state index < -0.39 is 10.0 Å². The standard InChI is InChI=1S/C17H26N2O3S/c1-3-23(20,21)19-11-13(12-19)10-18-15-7-8-16-14(9-15)5-4-6-17(16)22-2/h4-6,13,15,18H,3,7-12H2,1-2H3. The summed E-state index contributed by atoms with van der Waals surface area (Å²) in [5, 5.41) is 3.63. The third kappa shape index (κ3) is 3.54. The molecular weight excluding hydrogens is 312 g/mol. The number of sulfonamides is 1. The Balaban J connectivity index is 1.48. The molecule has 1 saturated heterocycles. The maximum atomic E-state index is 11.7. The van der Waals surface area contributed by atoms with Crippen LogP contribution in [0.5, 0.6) is 5.75 Å². The summed E-state index contributed by atoms with van der Waals surface area (Å²) in [6.07, 6.45) is 3.17. The summed E-state index contributed by atoms with van der Waals surface area (Å²) < 4.78 is 30.5. The van der Waals surface area contributed by atoms with Crippen LogP contribution in [-0.4, -0.2) is 51.3 Å². The van der Waals surface area contributed by atoms with Gasteiger partial charge in [-0.25, -0.2) is 12.7 Å². The number of fused-ring (bicyclic) bond motifs is 1. The first-order valence-corrected chi connectivity index (χ1v) is 10.0. The Morgan fingerprint density at radius 1 is 1.35 bits per heavy atom. The van der Waals surface area contributed by atoms with Crippen molar-refractivity contribution in [1.29, 1.82) is 0 Å².